The number of hydrogen-bond donors (Lipinski definition) is 1. The number of aliphatic hydroxyl groups is 1. The van der Waals surface area contributed by atoms with Crippen LogP contribution < -0.4 is 0 Å². The summed E-state index contributed by atoms with van der Waals surface area (Å²) in [6.45, 7) is 3.64. The second kappa shape index (κ2) is 4.58. The Hall–Kier alpha value is -0.600. The maximum atomic E-state index is 10.2. The van der Waals surface area contributed by atoms with Crippen molar-refractivity contribution >= 4 is 15.9 Å². The van der Waals surface area contributed by atoms with Gasteiger partial charge in [0.15, 0.2) is 0 Å². The molecule has 0 aromatic heterocycles. The molecule has 0 bridgehead atoms. The fraction of sp³-hybridized carbons (Fsp3) is 0.273. The van der Waals surface area contributed by atoms with Crippen LogP contribution in [0.2, 0.25) is 0 Å². The van der Waals surface area contributed by atoms with Crippen molar-refractivity contribution in [2.45, 2.75) is 12.0 Å². The third kappa shape index (κ3) is 2.42. The minimum absolute atomic E-state index is 0.524. The van der Waals surface area contributed by atoms with Gasteiger partial charge in [-0.2, -0.15) is 0 Å². The number of hydrogen-bond acceptors (Lipinski definition) is 1. The maximum absolute atomic E-state index is 10.2. The smallest absolute Gasteiger partial charge is 0.103 e. The predicted molar refractivity (Wildman–Crippen MR) is 58.9 cm³/mol. The molecule has 0 unspecified atom stereocenters. The number of benzene rings is 1. The minimum Gasteiger partial charge on any atom is -0.384 e. The molecule has 0 fully saturated rings. The lowest BCUT2D eigenvalue weighted by atomic mass is 9.93. The van der Waals surface area contributed by atoms with E-state index in [0.717, 1.165) is 5.56 Å². The zero-order chi connectivity index (χ0) is 9.73. The SMILES string of the molecule is C=CC[C@](O)(CBr)c1ccccc1. The van der Waals surface area contributed by atoms with Gasteiger partial charge in [-0.05, 0) is 12.0 Å². The fourth-order valence-corrected chi connectivity index (χ4v) is 1.79. The molecule has 2 heteroatoms. The first kappa shape index (κ1) is 10.5. The Morgan fingerprint density at radius 2 is 2.00 bits per heavy atom. The van der Waals surface area contributed by atoms with Crippen LogP contribution in [0.4, 0.5) is 0 Å². The van der Waals surface area contributed by atoms with E-state index in [0.29, 0.717) is 11.8 Å². The summed E-state index contributed by atoms with van der Waals surface area (Å²) in [5, 5.41) is 10.7. The van der Waals surface area contributed by atoms with Gasteiger partial charge in [0, 0.05) is 5.33 Å². The summed E-state index contributed by atoms with van der Waals surface area (Å²) in [6.07, 6.45) is 2.29. The summed E-state index contributed by atoms with van der Waals surface area (Å²) in [4.78, 5) is 0. The molecule has 0 radical (unpaired) electrons. The summed E-state index contributed by atoms with van der Waals surface area (Å²) in [5.41, 5.74) is 0.106. The first-order chi connectivity index (χ1) is 6.23. The number of halogens is 1. The van der Waals surface area contributed by atoms with E-state index in [1.807, 2.05) is 30.3 Å². The zero-order valence-corrected chi connectivity index (χ0v) is 9.00. The highest BCUT2D eigenvalue weighted by atomic mass is 79.9. The number of rotatable bonds is 4. The average Bonchev–Trinajstić information content (AvgIpc) is 2.19. The molecular formula is C11H13BrO. The van der Waals surface area contributed by atoms with E-state index in [4.69, 9.17) is 0 Å². The van der Waals surface area contributed by atoms with Gasteiger partial charge in [-0.1, -0.05) is 52.3 Å². The van der Waals surface area contributed by atoms with Crippen molar-refractivity contribution < 1.29 is 5.11 Å². The van der Waals surface area contributed by atoms with Crippen LogP contribution in [-0.4, -0.2) is 10.4 Å². The van der Waals surface area contributed by atoms with Crippen LogP contribution in [0.25, 0.3) is 0 Å². The van der Waals surface area contributed by atoms with Gasteiger partial charge >= 0.3 is 0 Å². The van der Waals surface area contributed by atoms with Gasteiger partial charge in [0.25, 0.3) is 0 Å². The molecule has 1 atom stereocenters. The fourth-order valence-electron chi connectivity index (χ4n) is 1.24. The topological polar surface area (TPSA) is 20.2 Å². The second-order valence-electron chi connectivity index (χ2n) is 3.02. The van der Waals surface area contributed by atoms with Crippen molar-refractivity contribution in [1.82, 2.24) is 0 Å². The average molecular weight is 241 g/mol. The highest BCUT2D eigenvalue weighted by molar-refractivity contribution is 9.09. The Bertz CT molecular complexity index is 271. The molecule has 0 aliphatic carbocycles. The first-order valence-corrected chi connectivity index (χ1v) is 5.30. The number of alkyl halides is 1. The molecule has 0 aliphatic rings. The minimum atomic E-state index is -0.816. The predicted octanol–water partition coefficient (Wildman–Crippen LogP) is 2.85. The van der Waals surface area contributed by atoms with Crippen molar-refractivity contribution in [3.63, 3.8) is 0 Å². The van der Waals surface area contributed by atoms with Crippen LogP contribution in [0, 0.1) is 0 Å². The molecule has 70 valence electrons. The lowest BCUT2D eigenvalue weighted by Crippen LogP contribution is -2.26. The normalized spacial score (nSPS) is 14.9. The van der Waals surface area contributed by atoms with E-state index >= 15 is 0 Å². The van der Waals surface area contributed by atoms with Crippen LogP contribution in [0.5, 0.6) is 0 Å². The Morgan fingerprint density at radius 1 is 1.38 bits per heavy atom. The Labute approximate surface area is 87.2 Å². The van der Waals surface area contributed by atoms with E-state index in [1.54, 1.807) is 6.08 Å². The van der Waals surface area contributed by atoms with Gasteiger partial charge in [-0.25, -0.2) is 0 Å². The third-order valence-corrected chi connectivity index (χ3v) is 2.94. The summed E-state index contributed by atoms with van der Waals surface area (Å²) in [5.74, 6) is 0. The van der Waals surface area contributed by atoms with Crippen molar-refractivity contribution in [1.29, 1.82) is 0 Å². The Balaban J connectivity index is 2.95. The molecule has 0 spiro atoms. The molecule has 1 N–H and O–H groups in total. The van der Waals surface area contributed by atoms with Crippen molar-refractivity contribution in [2.75, 3.05) is 5.33 Å². The van der Waals surface area contributed by atoms with Crippen LogP contribution in [-0.2, 0) is 5.60 Å². The molecule has 0 amide bonds. The lowest BCUT2D eigenvalue weighted by molar-refractivity contribution is 0.0673. The lowest BCUT2D eigenvalue weighted by Gasteiger charge is -2.24. The maximum Gasteiger partial charge on any atom is 0.103 e. The molecule has 1 aromatic rings. The molecule has 0 saturated heterocycles. The molecule has 0 heterocycles. The van der Waals surface area contributed by atoms with Crippen molar-refractivity contribution in [3.05, 3.63) is 48.6 Å². The van der Waals surface area contributed by atoms with Gasteiger partial charge in [0.1, 0.15) is 5.60 Å². The highest BCUT2D eigenvalue weighted by Crippen LogP contribution is 2.27. The molecule has 0 aliphatic heterocycles. The van der Waals surface area contributed by atoms with E-state index in [1.165, 1.54) is 0 Å². The molecule has 0 saturated carbocycles. The molecular weight excluding hydrogens is 228 g/mol. The largest absolute Gasteiger partial charge is 0.384 e. The highest BCUT2D eigenvalue weighted by Gasteiger charge is 2.25. The van der Waals surface area contributed by atoms with Crippen LogP contribution >= 0.6 is 15.9 Å². The Kier molecular flexibility index (Phi) is 3.70. The quantitative estimate of drug-likeness (QED) is 0.634. The molecule has 1 rings (SSSR count). The Morgan fingerprint density at radius 3 is 2.46 bits per heavy atom. The summed E-state index contributed by atoms with van der Waals surface area (Å²) >= 11 is 3.31. The zero-order valence-electron chi connectivity index (χ0n) is 7.41. The van der Waals surface area contributed by atoms with Crippen LogP contribution in [0.3, 0.4) is 0 Å². The van der Waals surface area contributed by atoms with E-state index in [-0.39, 0.29) is 0 Å². The summed E-state index contributed by atoms with van der Waals surface area (Å²) < 4.78 is 0. The van der Waals surface area contributed by atoms with E-state index < -0.39 is 5.60 Å². The van der Waals surface area contributed by atoms with Gasteiger partial charge in [-0.3, -0.25) is 0 Å². The summed E-state index contributed by atoms with van der Waals surface area (Å²) in [6, 6.07) is 9.62. The first-order valence-electron chi connectivity index (χ1n) is 4.18. The van der Waals surface area contributed by atoms with Crippen LogP contribution in [0.1, 0.15) is 12.0 Å². The molecule has 13 heavy (non-hydrogen) atoms. The van der Waals surface area contributed by atoms with Crippen molar-refractivity contribution in [2.24, 2.45) is 0 Å². The molecule has 1 aromatic carbocycles. The van der Waals surface area contributed by atoms with Gasteiger partial charge in [0.05, 0.1) is 0 Å². The monoisotopic (exact) mass is 240 g/mol. The molecule has 1 nitrogen and oxygen atoms in total. The van der Waals surface area contributed by atoms with E-state index in [2.05, 4.69) is 22.5 Å². The second-order valence-corrected chi connectivity index (χ2v) is 3.58. The van der Waals surface area contributed by atoms with Gasteiger partial charge in [0.2, 0.25) is 0 Å². The summed E-state index contributed by atoms with van der Waals surface area (Å²) in [7, 11) is 0. The standard InChI is InChI=1S/C11H13BrO/c1-2-8-11(13,9-12)10-6-4-3-5-7-10/h2-7,13H,1,8-9H2/t11-/m0/s1. The van der Waals surface area contributed by atoms with Crippen molar-refractivity contribution in [3.8, 4) is 0 Å². The van der Waals surface area contributed by atoms with Crippen LogP contribution in [0.15, 0.2) is 43.0 Å². The third-order valence-electron chi connectivity index (χ3n) is 2.01. The van der Waals surface area contributed by atoms with Gasteiger partial charge in [-0.15, -0.1) is 6.58 Å². The van der Waals surface area contributed by atoms with Gasteiger partial charge < -0.3 is 5.11 Å². The van der Waals surface area contributed by atoms with E-state index in [9.17, 15) is 5.11 Å².